The highest BCUT2D eigenvalue weighted by Gasteiger charge is 2.04. The molecule has 0 unspecified atom stereocenters. The molecule has 2 aromatic carbocycles. The topological polar surface area (TPSA) is 50.4 Å². The van der Waals surface area contributed by atoms with Crippen molar-refractivity contribution in [2.75, 3.05) is 25.6 Å². The molecule has 0 aliphatic carbocycles. The summed E-state index contributed by atoms with van der Waals surface area (Å²) in [7, 11) is 1.65. The third-order valence-corrected chi connectivity index (χ3v) is 2.85. The van der Waals surface area contributed by atoms with Crippen molar-refractivity contribution >= 4 is 22.5 Å². The predicted molar refractivity (Wildman–Crippen MR) is 77.5 cm³/mol. The monoisotopic (exact) mass is 258 g/mol. The van der Waals surface area contributed by atoms with E-state index in [1.165, 1.54) is 0 Å². The van der Waals surface area contributed by atoms with Gasteiger partial charge in [-0.2, -0.15) is 0 Å². The van der Waals surface area contributed by atoms with E-state index >= 15 is 0 Å². The highest BCUT2D eigenvalue weighted by atomic mass is 16.5. The lowest BCUT2D eigenvalue weighted by molar-refractivity contribution is 0.194. The number of fused-ring (bicyclic) bond motifs is 1. The highest BCUT2D eigenvalue weighted by molar-refractivity contribution is 6.01. The molecular weight excluding hydrogens is 240 g/mol. The number of rotatable bonds is 5. The lowest BCUT2D eigenvalue weighted by Gasteiger charge is -2.09. The maximum Gasteiger partial charge on any atom is 0.319 e. The van der Waals surface area contributed by atoms with Gasteiger partial charge in [0.05, 0.1) is 5.69 Å². The van der Waals surface area contributed by atoms with E-state index in [9.17, 15) is 4.79 Å². The van der Waals surface area contributed by atoms with Crippen LogP contribution >= 0.6 is 0 Å². The van der Waals surface area contributed by atoms with Crippen molar-refractivity contribution < 1.29 is 9.53 Å². The van der Waals surface area contributed by atoms with Gasteiger partial charge in [0.1, 0.15) is 0 Å². The fourth-order valence-electron chi connectivity index (χ4n) is 1.92. The molecule has 0 heterocycles. The van der Waals surface area contributed by atoms with Crippen LogP contribution in [0.4, 0.5) is 10.5 Å². The van der Waals surface area contributed by atoms with Crippen molar-refractivity contribution in [3.05, 3.63) is 42.5 Å². The predicted octanol–water partition coefficient (Wildman–Crippen LogP) is 3.00. The van der Waals surface area contributed by atoms with Crippen LogP contribution in [-0.2, 0) is 4.74 Å². The number of hydrogen-bond acceptors (Lipinski definition) is 2. The van der Waals surface area contributed by atoms with Crippen LogP contribution in [0, 0.1) is 0 Å². The number of amides is 2. The van der Waals surface area contributed by atoms with Gasteiger partial charge in [0.15, 0.2) is 0 Å². The first-order valence-electron chi connectivity index (χ1n) is 6.33. The smallest absolute Gasteiger partial charge is 0.319 e. The molecule has 0 saturated carbocycles. The zero-order valence-electron chi connectivity index (χ0n) is 11.0. The van der Waals surface area contributed by atoms with Crippen LogP contribution in [0.25, 0.3) is 10.8 Å². The third-order valence-electron chi connectivity index (χ3n) is 2.85. The molecule has 2 rings (SSSR count). The van der Waals surface area contributed by atoms with Crippen LogP contribution < -0.4 is 10.6 Å². The van der Waals surface area contributed by atoms with Crippen LogP contribution in [0.15, 0.2) is 42.5 Å². The van der Waals surface area contributed by atoms with Crippen molar-refractivity contribution in [2.24, 2.45) is 0 Å². The molecule has 0 atom stereocenters. The maximum absolute atomic E-state index is 11.8. The van der Waals surface area contributed by atoms with Crippen molar-refractivity contribution in [3.63, 3.8) is 0 Å². The Morgan fingerprint density at radius 1 is 1.16 bits per heavy atom. The lowest BCUT2D eigenvalue weighted by atomic mass is 10.1. The molecule has 0 fully saturated rings. The van der Waals surface area contributed by atoms with Gasteiger partial charge in [-0.15, -0.1) is 0 Å². The maximum atomic E-state index is 11.8. The van der Waals surface area contributed by atoms with Crippen molar-refractivity contribution in [1.82, 2.24) is 5.32 Å². The number of hydrogen-bond donors (Lipinski definition) is 2. The van der Waals surface area contributed by atoms with Gasteiger partial charge in [-0.1, -0.05) is 36.4 Å². The van der Waals surface area contributed by atoms with Crippen LogP contribution in [0.2, 0.25) is 0 Å². The van der Waals surface area contributed by atoms with E-state index in [1.807, 2.05) is 42.5 Å². The molecule has 2 amide bonds. The summed E-state index contributed by atoms with van der Waals surface area (Å²) in [6.07, 6.45) is 0.805. The van der Waals surface area contributed by atoms with Gasteiger partial charge >= 0.3 is 6.03 Å². The SMILES string of the molecule is COCCCNC(=O)Nc1cccc2ccccc12. The first kappa shape index (κ1) is 13.4. The molecule has 4 nitrogen and oxygen atoms in total. The molecule has 2 N–H and O–H groups in total. The van der Waals surface area contributed by atoms with Gasteiger partial charge < -0.3 is 15.4 Å². The zero-order chi connectivity index (χ0) is 13.5. The number of ether oxygens (including phenoxy) is 1. The molecule has 100 valence electrons. The molecule has 0 saturated heterocycles. The van der Waals surface area contributed by atoms with E-state index in [-0.39, 0.29) is 6.03 Å². The second-order valence-corrected chi connectivity index (χ2v) is 4.25. The summed E-state index contributed by atoms with van der Waals surface area (Å²) in [5.41, 5.74) is 0.822. The molecule has 19 heavy (non-hydrogen) atoms. The number of carbonyl (C=O) groups excluding carboxylic acids is 1. The number of methoxy groups -OCH3 is 1. The summed E-state index contributed by atoms with van der Waals surface area (Å²) in [5.74, 6) is 0. The van der Waals surface area contributed by atoms with E-state index < -0.39 is 0 Å². The molecule has 0 aromatic heterocycles. The minimum atomic E-state index is -0.188. The number of benzene rings is 2. The number of urea groups is 1. The number of carbonyl (C=O) groups is 1. The summed E-state index contributed by atoms with van der Waals surface area (Å²) < 4.78 is 4.93. The molecule has 4 heteroatoms. The van der Waals surface area contributed by atoms with Crippen molar-refractivity contribution in [1.29, 1.82) is 0 Å². The summed E-state index contributed by atoms with van der Waals surface area (Å²) in [5, 5.41) is 7.82. The van der Waals surface area contributed by atoms with Crippen molar-refractivity contribution in [3.8, 4) is 0 Å². The Morgan fingerprint density at radius 3 is 2.79 bits per heavy atom. The molecule has 0 spiro atoms. The van der Waals surface area contributed by atoms with Gasteiger partial charge in [0, 0.05) is 25.6 Å². The van der Waals surface area contributed by atoms with Gasteiger partial charge in [0.25, 0.3) is 0 Å². The fourth-order valence-corrected chi connectivity index (χ4v) is 1.92. The summed E-state index contributed by atoms with van der Waals surface area (Å²) >= 11 is 0. The molecule has 0 aliphatic heterocycles. The van der Waals surface area contributed by atoms with E-state index in [0.717, 1.165) is 22.9 Å². The van der Waals surface area contributed by atoms with Gasteiger partial charge in [-0.3, -0.25) is 0 Å². The van der Waals surface area contributed by atoms with Crippen LogP contribution in [-0.4, -0.2) is 26.3 Å². The van der Waals surface area contributed by atoms with Gasteiger partial charge in [-0.05, 0) is 17.9 Å². The Kier molecular flexibility index (Phi) is 4.75. The Morgan fingerprint density at radius 2 is 1.95 bits per heavy atom. The van der Waals surface area contributed by atoms with Crippen LogP contribution in [0.3, 0.4) is 0 Å². The first-order valence-corrected chi connectivity index (χ1v) is 6.33. The largest absolute Gasteiger partial charge is 0.385 e. The Balaban J connectivity index is 1.99. The minimum Gasteiger partial charge on any atom is -0.385 e. The first-order chi connectivity index (χ1) is 9.31. The Labute approximate surface area is 112 Å². The van der Waals surface area contributed by atoms with E-state index in [1.54, 1.807) is 7.11 Å². The van der Waals surface area contributed by atoms with Gasteiger partial charge in [0.2, 0.25) is 0 Å². The zero-order valence-corrected chi connectivity index (χ0v) is 11.0. The molecule has 0 radical (unpaired) electrons. The number of anilines is 1. The Hall–Kier alpha value is -2.07. The average molecular weight is 258 g/mol. The molecule has 0 aliphatic rings. The summed E-state index contributed by atoms with van der Waals surface area (Å²) in [4.78, 5) is 11.8. The van der Waals surface area contributed by atoms with Crippen LogP contribution in [0.1, 0.15) is 6.42 Å². The second kappa shape index (κ2) is 6.75. The highest BCUT2D eigenvalue weighted by Crippen LogP contribution is 2.22. The Bertz CT molecular complexity index is 549. The lowest BCUT2D eigenvalue weighted by Crippen LogP contribution is -2.30. The van der Waals surface area contributed by atoms with E-state index in [2.05, 4.69) is 10.6 Å². The standard InChI is InChI=1S/C15H18N2O2/c1-19-11-5-10-16-15(18)17-14-9-4-7-12-6-2-3-8-13(12)14/h2-4,6-9H,5,10-11H2,1H3,(H2,16,17,18). The quantitative estimate of drug-likeness (QED) is 0.810. The third kappa shape index (κ3) is 3.69. The van der Waals surface area contributed by atoms with E-state index in [4.69, 9.17) is 4.74 Å². The molecule has 2 aromatic rings. The summed E-state index contributed by atoms with van der Waals surface area (Å²) in [6, 6.07) is 13.6. The normalized spacial score (nSPS) is 10.4. The van der Waals surface area contributed by atoms with Crippen LogP contribution in [0.5, 0.6) is 0 Å². The molecule has 0 bridgehead atoms. The van der Waals surface area contributed by atoms with Gasteiger partial charge in [-0.25, -0.2) is 4.79 Å². The minimum absolute atomic E-state index is 0.188. The van der Waals surface area contributed by atoms with Crippen molar-refractivity contribution in [2.45, 2.75) is 6.42 Å². The second-order valence-electron chi connectivity index (χ2n) is 4.25. The fraction of sp³-hybridized carbons (Fsp3) is 0.267. The summed E-state index contributed by atoms with van der Waals surface area (Å²) in [6.45, 7) is 1.25. The average Bonchev–Trinajstić information content (AvgIpc) is 2.44. The molecular formula is C15H18N2O2. The number of nitrogens with one attached hydrogen (secondary N) is 2. The van der Waals surface area contributed by atoms with E-state index in [0.29, 0.717) is 13.2 Å².